The number of para-hydroxylation sites is 1. The van der Waals surface area contributed by atoms with E-state index in [1.54, 1.807) is 10.7 Å². The van der Waals surface area contributed by atoms with Crippen molar-refractivity contribution in [3.05, 3.63) is 40.7 Å². The van der Waals surface area contributed by atoms with E-state index in [0.717, 1.165) is 25.2 Å². The average molecular weight is 337 g/mol. The number of hydrogen-bond donors (Lipinski definition) is 1. The van der Waals surface area contributed by atoms with E-state index < -0.39 is 0 Å². The molecule has 2 heterocycles. The Hall–Kier alpha value is -1.92. The molecule has 23 heavy (non-hydrogen) atoms. The van der Waals surface area contributed by atoms with Crippen LogP contribution in [0.15, 0.2) is 35.3 Å². The minimum Gasteiger partial charge on any atom is -0.337 e. The smallest absolute Gasteiger partial charge is 0.224 e. The molecule has 2 aromatic rings. The summed E-state index contributed by atoms with van der Waals surface area (Å²) in [6.45, 7) is 4.96. The molecule has 1 aliphatic heterocycles. The van der Waals surface area contributed by atoms with E-state index in [0.29, 0.717) is 18.4 Å². The zero-order valence-corrected chi connectivity index (χ0v) is 13.9. The maximum Gasteiger partial charge on any atom is 0.224 e. The van der Waals surface area contributed by atoms with Crippen molar-refractivity contribution < 1.29 is 4.79 Å². The highest BCUT2D eigenvalue weighted by Crippen LogP contribution is 2.10. The predicted molar refractivity (Wildman–Crippen MR) is 91.9 cm³/mol. The van der Waals surface area contributed by atoms with Crippen LogP contribution in [0.2, 0.25) is 0 Å². The van der Waals surface area contributed by atoms with Gasteiger partial charge in [-0.15, -0.1) is 12.4 Å². The monoisotopic (exact) mass is 336 g/mol. The quantitative estimate of drug-likeness (QED) is 0.909. The highest BCUT2D eigenvalue weighted by Gasteiger charge is 2.22. The topological polar surface area (TPSA) is 67.2 Å². The molecule has 0 spiro atoms. The molecule has 1 atom stereocenters. The van der Waals surface area contributed by atoms with Gasteiger partial charge >= 0.3 is 0 Å². The number of hydrogen-bond acceptors (Lipinski definition) is 4. The first kappa shape index (κ1) is 17.4. The number of fused-ring (bicyclic) bond motifs is 1. The lowest BCUT2D eigenvalue weighted by Gasteiger charge is -2.34. The van der Waals surface area contributed by atoms with Crippen LogP contribution in [0.4, 0.5) is 0 Å². The molecule has 6 nitrogen and oxygen atoms in total. The van der Waals surface area contributed by atoms with E-state index in [2.05, 4.69) is 17.3 Å². The fraction of sp³-hybridized carbons (Fsp3) is 0.438. The number of nitrogens with one attached hydrogen (secondary N) is 1. The molecule has 1 saturated heterocycles. The summed E-state index contributed by atoms with van der Waals surface area (Å²) in [5.74, 6) is 0.138. The van der Waals surface area contributed by atoms with Gasteiger partial charge in [0, 0.05) is 37.5 Å². The van der Waals surface area contributed by atoms with E-state index in [1.165, 1.54) is 6.20 Å². The van der Waals surface area contributed by atoms with E-state index in [4.69, 9.17) is 0 Å². The highest BCUT2D eigenvalue weighted by molar-refractivity contribution is 5.85. The lowest BCUT2D eigenvalue weighted by atomic mass is 10.2. The minimum atomic E-state index is -0.0890. The van der Waals surface area contributed by atoms with Crippen LogP contribution in [0.5, 0.6) is 0 Å². The molecule has 0 radical (unpaired) electrons. The van der Waals surface area contributed by atoms with Crippen LogP contribution >= 0.6 is 12.4 Å². The summed E-state index contributed by atoms with van der Waals surface area (Å²) in [5.41, 5.74) is 0.685. The Morgan fingerprint density at radius 3 is 2.96 bits per heavy atom. The normalized spacial score (nSPS) is 17.8. The summed E-state index contributed by atoms with van der Waals surface area (Å²) in [7, 11) is 0. The molecule has 0 saturated carbocycles. The predicted octanol–water partition coefficient (Wildman–Crippen LogP) is 1.03. The molecule has 7 heteroatoms. The van der Waals surface area contributed by atoms with Crippen molar-refractivity contribution in [1.29, 1.82) is 0 Å². The number of carbonyl (C=O) groups excluding carboxylic acids is 1. The minimum absolute atomic E-state index is 0. The maximum absolute atomic E-state index is 12.4. The molecule has 1 N–H and O–H groups in total. The largest absolute Gasteiger partial charge is 0.337 e. The first-order valence-electron chi connectivity index (χ1n) is 7.62. The Labute approximate surface area is 140 Å². The number of carbonyl (C=O) groups is 1. The number of nitrogens with zero attached hydrogens (tertiary/aromatic N) is 3. The van der Waals surface area contributed by atoms with E-state index in [1.807, 2.05) is 23.1 Å². The number of aromatic nitrogens is 2. The van der Waals surface area contributed by atoms with Crippen molar-refractivity contribution in [1.82, 2.24) is 20.0 Å². The Morgan fingerprint density at radius 1 is 1.39 bits per heavy atom. The third-order valence-electron chi connectivity index (χ3n) is 4.12. The van der Waals surface area contributed by atoms with Crippen molar-refractivity contribution in [2.75, 3.05) is 19.6 Å². The second-order valence-corrected chi connectivity index (χ2v) is 5.64. The number of benzene rings is 1. The lowest BCUT2D eigenvalue weighted by molar-refractivity contribution is -0.134. The van der Waals surface area contributed by atoms with Crippen LogP contribution in [0.25, 0.3) is 10.9 Å². The van der Waals surface area contributed by atoms with Gasteiger partial charge in [0.2, 0.25) is 11.3 Å². The van der Waals surface area contributed by atoms with Crippen LogP contribution in [-0.2, 0) is 11.3 Å². The number of amides is 1. The Bertz CT molecular complexity index is 746. The summed E-state index contributed by atoms with van der Waals surface area (Å²) in [5, 5.41) is 8.08. The first-order chi connectivity index (χ1) is 10.7. The van der Waals surface area contributed by atoms with Crippen LogP contribution in [-0.4, -0.2) is 46.3 Å². The average Bonchev–Trinajstić information content (AvgIpc) is 2.55. The van der Waals surface area contributed by atoms with Gasteiger partial charge in [0.15, 0.2) is 0 Å². The van der Waals surface area contributed by atoms with Crippen LogP contribution in [0.3, 0.4) is 0 Å². The molecule has 0 aliphatic carbocycles. The van der Waals surface area contributed by atoms with E-state index in [9.17, 15) is 9.59 Å². The fourth-order valence-electron chi connectivity index (χ4n) is 2.90. The van der Waals surface area contributed by atoms with Gasteiger partial charge in [-0.1, -0.05) is 12.1 Å². The standard InChI is InChI=1S/C16H20N4O2.ClH/c1-12-10-17-7-9-19(12)16(22)6-8-20-14-5-3-2-4-13(14)15(21)11-18-20;/h2-5,11-12,17H,6-10H2,1H3;1H/t12-;/m0./s1. The molecular formula is C16H21ClN4O2. The number of piperazine rings is 1. The molecule has 3 rings (SSSR count). The third-order valence-corrected chi connectivity index (χ3v) is 4.12. The summed E-state index contributed by atoms with van der Waals surface area (Å²) in [6, 6.07) is 7.58. The highest BCUT2D eigenvalue weighted by atomic mass is 35.5. The van der Waals surface area contributed by atoms with Gasteiger partial charge < -0.3 is 10.2 Å². The SMILES string of the molecule is C[C@H]1CNCCN1C(=O)CCn1ncc(=O)c2ccccc21.Cl. The Morgan fingerprint density at radius 2 is 2.17 bits per heavy atom. The van der Waals surface area contributed by atoms with Gasteiger partial charge in [0.05, 0.1) is 18.3 Å². The fourth-order valence-corrected chi connectivity index (χ4v) is 2.90. The van der Waals surface area contributed by atoms with Crippen molar-refractivity contribution in [2.45, 2.75) is 25.9 Å². The van der Waals surface area contributed by atoms with Gasteiger partial charge in [0.25, 0.3) is 0 Å². The van der Waals surface area contributed by atoms with Gasteiger partial charge in [-0.3, -0.25) is 14.3 Å². The zero-order chi connectivity index (χ0) is 15.5. The Kier molecular flexibility index (Phi) is 5.74. The number of halogens is 1. The van der Waals surface area contributed by atoms with E-state index >= 15 is 0 Å². The Balaban J connectivity index is 0.00000192. The van der Waals surface area contributed by atoms with Gasteiger partial charge in [-0.25, -0.2) is 0 Å². The second kappa shape index (κ2) is 7.57. The van der Waals surface area contributed by atoms with Gasteiger partial charge in [0.1, 0.15) is 0 Å². The van der Waals surface area contributed by atoms with Crippen molar-refractivity contribution in [3.8, 4) is 0 Å². The third kappa shape index (κ3) is 3.71. The molecule has 1 aromatic heterocycles. The van der Waals surface area contributed by atoms with E-state index in [-0.39, 0.29) is 29.8 Å². The second-order valence-electron chi connectivity index (χ2n) is 5.64. The van der Waals surface area contributed by atoms with Crippen LogP contribution < -0.4 is 10.7 Å². The summed E-state index contributed by atoms with van der Waals surface area (Å²) >= 11 is 0. The number of rotatable bonds is 3. The molecule has 124 valence electrons. The molecular weight excluding hydrogens is 316 g/mol. The summed E-state index contributed by atoms with van der Waals surface area (Å²) in [4.78, 5) is 26.1. The van der Waals surface area contributed by atoms with Crippen LogP contribution in [0, 0.1) is 0 Å². The first-order valence-corrected chi connectivity index (χ1v) is 7.62. The zero-order valence-electron chi connectivity index (χ0n) is 13.1. The molecule has 1 amide bonds. The van der Waals surface area contributed by atoms with Crippen molar-refractivity contribution >= 4 is 29.2 Å². The summed E-state index contributed by atoms with van der Waals surface area (Å²) in [6.07, 6.45) is 1.71. The molecule has 1 fully saturated rings. The molecule has 0 bridgehead atoms. The molecule has 1 aliphatic rings. The number of aryl methyl sites for hydroxylation is 1. The van der Waals surface area contributed by atoms with Gasteiger partial charge in [-0.05, 0) is 19.1 Å². The lowest BCUT2D eigenvalue weighted by Crippen LogP contribution is -2.52. The molecule has 0 unspecified atom stereocenters. The van der Waals surface area contributed by atoms with Gasteiger partial charge in [-0.2, -0.15) is 5.10 Å². The van der Waals surface area contributed by atoms with Crippen molar-refractivity contribution in [3.63, 3.8) is 0 Å². The van der Waals surface area contributed by atoms with Crippen LogP contribution in [0.1, 0.15) is 13.3 Å². The molecule has 1 aromatic carbocycles. The summed E-state index contributed by atoms with van der Waals surface area (Å²) < 4.78 is 1.74. The van der Waals surface area contributed by atoms with Crippen molar-refractivity contribution in [2.24, 2.45) is 0 Å². The maximum atomic E-state index is 12.4.